The molecule has 1 nitrogen and oxygen atoms in total. The summed E-state index contributed by atoms with van der Waals surface area (Å²) in [7, 11) is 0. The number of hydrogen-bond acceptors (Lipinski definition) is 1. The van der Waals surface area contributed by atoms with Crippen molar-refractivity contribution in [2.45, 2.75) is 39.2 Å². The average molecular weight is 190 g/mol. The fraction of sp³-hybridized carbons (Fsp3) is 0.538. The molecule has 1 aromatic rings. The second-order valence-corrected chi connectivity index (χ2v) is 4.80. The summed E-state index contributed by atoms with van der Waals surface area (Å²) in [4.78, 5) is 0. The highest BCUT2D eigenvalue weighted by atomic mass is 16.3. The summed E-state index contributed by atoms with van der Waals surface area (Å²) in [5.74, 6) is 0.476. The molecule has 1 aromatic carbocycles. The molecule has 1 unspecified atom stereocenters. The van der Waals surface area contributed by atoms with E-state index in [1.165, 1.54) is 24.0 Å². The van der Waals surface area contributed by atoms with Crippen LogP contribution in [0.15, 0.2) is 18.2 Å². The molecule has 1 atom stereocenters. The molecule has 2 rings (SSSR count). The second-order valence-electron chi connectivity index (χ2n) is 4.80. The third-order valence-corrected chi connectivity index (χ3v) is 3.18. The molecule has 1 fully saturated rings. The van der Waals surface area contributed by atoms with Gasteiger partial charge in [0.25, 0.3) is 0 Å². The van der Waals surface area contributed by atoms with Gasteiger partial charge in [-0.1, -0.05) is 29.3 Å². The molecule has 1 saturated carbocycles. The Kier molecular flexibility index (Phi) is 2.15. The minimum Gasteiger partial charge on any atom is -0.385 e. The van der Waals surface area contributed by atoms with Crippen molar-refractivity contribution in [1.82, 2.24) is 0 Å². The van der Waals surface area contributed by atoms with E-state index < -0.39 is 5.60 Å². The summed E-state index contributed by atoms with van der Waals surface area (Å²) < 4.78 is 0. The highest BCUT2D eigenvalue weighted by molar-refractivity contribution is 5.33. The van der Waals surface area contributed by atoms with Crippen LogP contribution in [0.3, 0.4) is 0 Å². The van der Waals surface area contributed by atoms with E-state index in [1.54, 1.807) is 0 Å². The third kappa shape index (κ3) is 1.69. The average Bonchev–Trinajstić information content (AvgIpc) is 2.83. The van der Waals surface area contributed by atoms with E-state index >= 15 is 0 Å². The van der Waals surface area contributed by atoms with Crippen LogP contribution in [0.4, 0.5) is 0 Å². The van der Waals surface area contributed by atoms with Gasteiger partial charge in [0.15, 0.2) is 0 Å². The number of aryl methyl sites for hydroxylation is 2. The Balaban J connectivity index is 2.39. The lowest BCUT2D eigenvalue weighted by molar-refractivity contribution is 0.0330. The van der Waals surface area contributed by atoms with Crippen molar-refractivity contribution in [3.05, 3.63) is 34.9 Å². The third-order valence-electron chi connectivity index (χ3n) is 3.18. The standard InChI is InChI=1S/C13H18O/c1-9-6-10(2)8-12(7-9)13(3,14)11-4-5-11/h6-8,11,14H,4-5H2,1-3H3. The van der Waals surface area contributed by atoms with Crippen LogP contribution in [0.5, 0.6) is 0 Å². The van der Waals surface area contributed by atoms with Gasteiger partial charge in [0.05, 0.1) is 5.60 Å². The second kappa shape index (κ2) is 3.09. The highest BCUT2D eigenvalue weighted by Crippen LogP contribution is 2.45. The summed E-state index contributed by atoms with van der Waals surface area (Å²) >= 11 is 0. The van der Waals surface area contributed by atoms with Crippen LogP contribution in [0.2, 0.25) is 0 Å². The number of benzene rings is 1. The molecule has 0 saturated heterocycles. The van der Waals surface area contributed by atoms with Crippen LogP contribution in [-0.4, -0.2) is 5.11 Å². The Labute approximate surface area is 85.8 Å². The van der Waals surface area contributed by atoms with Gasteiger partial charge in [0.1, 0.15) is 0 Å². The Hall–Kier alpha value is -0.820. The fourth-order valence-corrected chi connectivity index (χ4v) is 2.15. The van der Waals surface area contributed by atoms with Gasteiger partial charge in [-0.25, -0.2) is 0 Å². The zero-order valence-electron chi connectivity index (χ0n) is 9.17. The predicted molar refractivity (Wildman–Crippen MR) is 58.2 cm³/mol. The maximum atomic E-state index is 10.4. The Bertz CT molecular complexity index is 328. The van der Waals surface area contributed by atoms with E-state index in [-0.39, 0.29) is 0 Å². The van der Waals surface area contributed by atoms with E-state index in [1.807, 2.05) is 6.92 Å². The molecule has 1 heteroatoms. The molecule has 0 spiro atoms. The molecule has 1 aliphatic rings. The first-order valence-corrected chi connectivity index (χ1v) is 5.31. The topological polar surface area (TPSA) is 20.2 Å². The van der Waals surface area contributed by atoms with Crippen molar-refractivity contribution in [3.8, 4) is 0 Å². The van der Waals surface area contributed by atoms with Crippen LogP contribution in [0.1, 0.15) is 36.5 Å². The first-order chi connectivity index (χ1) is 6.50. The molecule has 0 radical (unpaired) electrons. The maximum Gasteiger partial charge on any atom is 0.0896 e. The van der Waals surface area contributed by atoms with Crippen molar-refractivity contribution >= 4 is 0 Å². The molecule has 1 N–H and O–H groups in total. The van der Waals surface area contributed by atoms with Gasteiger partial charge >= 0.3 is 0 Å². The summed E-state index contributed by atoms with van der Waals surface area (Å²) in [6.07, 6.45) is 2.33. The number of hydrogen-bond donors (Lipinski definition) is 1. The summed E-state index contributed by atoms with van der Waals surface area (Å²) in [6.45, 7) is 6.11. The van der Waals surface area contributed by atoms with Gasteiger partial charge in [-0.05, 0) is 45.1 Å². The zero-order chi connectivity index (χ0) is 10.3. The van der Waals surface area contributed by atoms with Crippen LogP contribution in [0, 0.1) is 19.8 Å². The Morgan fingerprint density at radius 2 is 1.64 bits per heavy atom. The monoisotopic (exact) mass is 190 g/mol. The SMILES string of the molecule is Cc1cc(C)cc(C(C)(O)C2CC2)c1. The van der Waals surface area contributed by atoms with Crippen molar-refractivity contribution < 1.29 is 5.11 Å². The first-order valence-electron chi connectivity index (χ1n) is 5.31. The molecule has 0 bridgehead atoms. The van der Waals surface area contributed by atoms with E-state index in [4.69, 9.17) is 0 Å². The van der Waals surface area contributed by atoms with Crippen molar-refractivity contribution in [3.63, 3.8) is 0 Å². The number of rotatable bonds is 2. The van der Waals surface area contributed by atoms with Crippen molar-refractivity contribution in [2.75, 3.05) is 0 Å². The van der Waals surface area contributed by atoms with Gasteiger partial charge in [0, 0.05) is 0 Å². The largest absolute Gasteiger partial charge is 0.385 e. The van der Waals surface area contributed by atoms with Crippen LogP contribution >= 0.6 is 0 Å². The quantitative estimate of drug-likeness (QED) is 0.760. The molecule has 0 aliphatic heterocycles. The van der Waals surface area contributed by atoms with Gasteiger partial charge in [-0.3, -0.25) is 0 Å². The summed E-state index contributed by atoms with van der Waals surface area (Å²) in [5, 5.41) is 10.4. The Morgan fingerprint density at radius 3 is 2.07 bits per heavy atom. The maximum absolute atomic E-state index is 10.4. The van der Waals surface area contributed by atoms with E-state index in [2.05, 4.69) is 32.0 Å². The Morgan fingerprint density at radius 1 is 1.14 bits per heavy atom. The van der Waals surface area contributed by atoms with Gasteiger partial charge in [0.2, 0.25) is 0 Å². The highest BCUT2D eigenvalue weighted by Gasteiger charge is 2.41. The van der Waals surface area contributed by atoms with E-state index in [0.29, 0.717) is 5.92 Å². The van der Waals surface area contributed by atoms with Crippen LogP contribution in [-0.2, 0) is 5.60 Å². The van der Waals surface area contributed by atoms with Crippen LogP contribution in [0.25, 0.3) is 0 Å². The summed E-state index contributed by atoms with van der Waals surface area (Å²) in [5.41, 5.74) is 2.94. The molecule has 14 heavy (non-hydrogen) atoms. The predicted octanol–water partition coefficient (Wildman–Crippen LogP) is 2.92. The molecule has 1 aliphatic carbocycles. The number of aliphatic hydroxyl groups is 1. The molecule has 0 amide bonds. The van der Waals surface area contributed by atoms with Crippen LogP contribution < -0.4 is 0 Å². The minimum atomic E-state index is -0.614. The smallest absolute Gasteiger partial charge is 0.0896 e. The normalized spacial score (nSPS) is 20.6. The molecule has 0 aromatic heterocycles. The lowest BCUT2D eigenvalue weighted by Gasteiger charge is -2.24. The molecule has 0 heterocycles. The van der Waals surface area contributed by atoms with Gasteiger partial charge in [-0.15, -0.1) is 0 Å². The lowest BCUT2D eigenvalue weighted by Crippen LogP contribution is -2.23. The van der Waals surface area contributed by atoms with Gasteiger partial charge in [-0.2, -0.15) is 0 Å². The van der Waals surface area contributed by atoms with E-state index in [0.717, 1.165) is 5.56 Å². The minimum absolute atomic E-state index is 0.476. The lowest BCUT2D eigenvalue weighted by atomic mass is 9.89. The van der Waals surface area contributed by atoms with Crippen molar-refractivity contribution in [1.29, 1.82) is 0 Å². The molecular weight excluding hydrogens is 172 g/mol. The fourth-order valence-electron chi connectivity index (χ4n) is 2.15. The molecule has 76 valence electrons. The zero-order valence-corrected chi connectivity index (χ0v) is 9.17. The first kappa shape index (κ1) is 9.72. The van der Waals surface area contributed by atoms with Gasteiger partial charge < -0.3 is 5.11 Å². The summed E-state index contributed by atoms with van der Waals surface area (Å²) in [6, 6.07) is 6.35. The molecular formula is C13H18O. The van der Waals surface area contributed by atoms with E-state index in [9.17, 15) is 5.11 Å². The van der Waals surface area contributed by atoms with Crippen molar-refractivity contribution in [2.24, 2.45) is 5.92 Å².